The molecule has 1 aromatic heterocycles. The summed E-state index contributed by atoms with van der Waals surface area (Å²) in [7, 11) is 0. The van der Waals surface area contributed by atoms with Crippen molar-refractivity contribution in [3.63, 3.8) is 0 Å². The Labute approximate surface area is 69.5 Å². The van der Waals surface area contributed by atoms with Crippen LogP contribution in [-0.2, 0) is 11.2 Å². The second-order valence-electron chi connectivity index (χ2n) is 2.41. The fourth-order valence-corrected chi connectivity index (χ4v) is 0.829. The molecule has 64 valence electrons. The third-order valence-electron chi connectivity index (χ3n) is 1.46. The quantitative estimate of drug-likeness (QED) is 0.668. The Kier molecular flexibility index (Phi) is 2.76. The first-order chi connectivity index (χ1) is 5.70. The number of carbonyl (C=O) groups is 1. The van der Waals surface area contributed by atoms with E-state index >= 15 is 0 Å². The van der Waals surface area contributed by atoms with E-state index in [4.69, 9.17) is 10.2 Å². The van der Waals surface area contributed by atoms with Crippen molar-refractivity contribution >= 4 is 5.97 Å². The van der Waals surface area contributed by atoms with Crippen LogP contribution in [0.4, 0.5) is 0 Å². The molecule has 1 atom stereocenters. The summed E-state index contributed by atoms with van der Waals surface area (Å²) in [6.07, 6.45) is 1.92. The molecule has 0 saturated heterocycles. The van der Waals surface area contributed by atoms with Gasteiger partial charge in [0.1, 0.15) is 0 Å². The lowest BCUT2D eigenvalue weighted by molar-refractivity contribution is -0.146. The van der Waals surface area contributed by atoms with Crippen LogP contribution in [0, 0.1) is 0 Å². The van der Waals surface area contributed by atoms with Crippen LogP contribution >= 0.6 is 0 Å². The highest BCUT2D eigenvalue weighted by Crippen LogP contribution is 2.01. The van der Waals surface area contributed by atoms with Gasteiger partial charge in [-0.3, -0.25) is 4.98 Å². The molecule has 0 spiro atoms. The van der Waals surface area contributed by atoms with E-state index in [2.05, 4.69) is 4.98 Å². The Balaban J connectivity index is 2.58. The van der Waals surface area contributed by atoms with Crippen LogP contribution in [0.25, 0.3) is 0 Å². The molecule has 1 rings (SSSR count). The molecule has 0 saturated carbocycles. The third-order valence-corrected chi connectivity index (χ3v) is 1.46. The number of aliphatic hydroxyl groups is 1. The third kappa shape index (κ3) is 2.32. The molecule has 4 nitrogen and oxygen atoms in total. The van der Waals surface area contributed by atoms with Crippen molar-refractivity contribution in [2.45, 2.75) is 12.5 Å². The lowest BCUT2D eigenvalue weighted by Crippen LogP contribution is -2.21. The number of rotatable bonds is 3. The Morgan fingerprint density at radius 2 is 2.08 bits per heavy atom. The average Bonchev–Trinajstić information content (AvgIpc) is 2.06. The second-order valence-corrected chi connectivity index (χ2v) is 2.41. The lowest BCUT2D eigenvalue weighted by atomic mass is 10.1. The largest absolute Gasteiger partial charge is 0.479 e. The first-order valence-electron chi connectivity index (χ1n) is 3.50. The summed E-state index contributed by atoms with van der Waals surface area (Å²) in [5.41, 5.74) is 0.764. The van der Waals surface area contributed by atoms with Crippen LogP contribution in [0.5, 0.6) is 0 Å². The minimum Gasteiger partial charge on any atom is -0.479 e. The van der Waals surface area contributed by atoms with E-state index in [-0.39, 0.29) is 6.42 Å². The molecule has 4 heteroatoms. The fraction of sp³-hybridized carbons (Fsp3) is 0.250. The SMILES string of the molecule is O=C(O)[C@@H](O)Cc1ccncc1. The molecular weight excluding hydrogens is 158 g/mol. The number of carboxylic acids is 1. The van der Waals surface area contributed by atoms with E-state index in [0.717, 1.165) is 5.56 Å². The zero-order chi connectivity index (χ0) is 8.97. The molecule has 1 aromatic rings. The van der Waals surface area contributed by atoms with E-state index in [1.165, 1.54) is 0 Å². The number of aliphatic carboxylic acids is 1. The van der Waals surface area contributed by atoms with Gasteiger partial charge >= 0.3 is 5.97 Å². The van der Waals surface area contributed by atoms with Crippen LogP contribution in [0.3, 0.4) is 0 Å². The van der Waals surface area contributed by atoms with Crippen LogP contribution in [0.2, 0.25) is 0 Å². The van der Waals surface area contributed by atoms with Gasteiger partial charge in [-0.1, -0.05) is 0 Å². The molecule has 0 fully saturated rings. The molecular formula is C8H9NO3. The molecule has 1 heterocycles. The molecule has 0 aliphatic carbocycles. The number of aromatic nitrogens is 1. The van der Waals surface area contributed by atoms with Crippen molar-refractivity contribution in [2.75, 3.05) is 0 Å². The summed E-state index contributed by atoms with van der Waals surface area (Å²) in [5.74, 6) is -1.20. The standard InChI is InChI=1S/C8H9NO3/c10-7(8(11)12)5-6-1-3-9-4-2-6/h1-4,7,10H,5H2,(H,11,12)/t7-/m0/s1. The first kappa shape index (κ1) is 8.67. The van der Waals surface area contributed by atoms with Gasteiger partial charge in [-0.25, -0.2) is 4.79 Å². The zero-order valence-corrected chi connectivity index (χ0v) is 6.34. The number of nitrogens with zero attached hydrogens (tertiary/aromatic N) is 1. The lowest BCUT2D eigenvalue weighted by Gasteiger charge is -2.03. The van der Waals surface area contributed by atoms with E-state index in [1.54, 1.807) is 24.5 Å². The summed E-state index contributed by atoms with van der Waals surface area (Å²) < 4.78 is 0. The minimum atomic E-state index is -1.33. The van der Waals surface area contributed by atoms with Crippen molar-refractivity contribution in [3.05, 3.63) is 30.1 Å². The van der Waals surface area contributed by atoms with Crippen molar-refractivity contribution in [2.24, 2.45) is 0 Å². The van der Waals surface area contributed by atoms with Gasteiger partial charge in [-0.15, -0.1) is 0 Å². The Bertz CT molecular complexity index is 260. The smallest absolute Gasteiger partial charge is 0.332 e. The van der Waals surface area contributed by atoms with Gasteiger partial charge < -0.3 is 10.2 Å². The van der Waals surface area contributed by atoms with Crippen molar-refractivity contribution in [1.82, 2.24) is 4.98 Å². The number of aliphatic hydroxyl groups excluding tert-OH is 1. The van der Waals surface area contributed by atoms with Crippen molar-refractivity contribution < 1.29 is 15.0 Å². The highest BCUT2D eigenvalue weighted by Gasteiger charge is 2.12. The highest BCUT2D eigenvalue weighted by atomic mass is 16.4. The van der Waals surface area contributed by atoms with Crippen molar-refractivity contribution in [1.29, 1.82) is 0 Å². The second kappa shape index (κ2) is 3.82. The van der Waals surface area contributed by atoms with E-state index in [1.807, 2.05) is 0 Å². The van der Waals surface area contributed by atoms with Gasteiger partial charge in [-0.2, -0.15) is 0 Å². The maximum atomic E-state index is 10.2. The van der Waals surface area contributed by atoms with E-state index in [0.29, 0.717) is 0 Å². The van der Waals surface area contributed by atoms with Crippen LogP contribution in [0.1, 0.15) is 5.56 Å². The van der Waals surface area contributed by atoms with Gasteiger partial charge in [0.2, 0.25) is 0 Å². The summed E-state index contributed by atoms with van der Waals surface area (Å²) in [4.78, 5) is 14.0. The Morgan fingerprint density at radius 3 is 2.58 bits per heavy atom. The van der Waals surface area contributed by atoms with E-state index in [9.17, 15) is 4.79 Å². The molecule has 12 heavy (non-hydrogen) atoms. The molecule has 0 bridgehead atoms. The normalized spacial score (nSPS) is 12.4. The maximum absolute atomic E-state index is 10.2. The van der Waals surface area contributed by atoms with Crippen molar-refractivity contribution in [3.8, 4) is 0 Å². The predicted octanol–water partition coefficient (Wildman–Crippen LogP) is 0.0696. The van der Waals surface area contributed by atoms with Gasteiger partial charge in [0.05, 0.1) is 0 Å². The first-order valence-corrected chi connectivity index (χ1v) is 3.50. The predicted molar refractivity (Wildman–Crippen MR) is 41.6 cm³/mol. The number of carboxylic acid groups (broad SMARTS) is 1. The van der Waals surface area contributed by atoms with Crippen LogP contribution < -0.4 is 0 Å². The van der Waals surface area contributed by atoms with E-state index < -0.39 is 12.1 Å². The summed E-state index contributed by atoms with van der Waals surface area (Å²) in [6.45, 7) is 0. The highest BCUT2D eigenvalue weighted by molar-refractivity contribution is 5.72. The average molecular weight is 167 g/mol. The Morgan fingerprint density at radius 1 is 1.50 bits per heavy atom. The topological polar surface area (TPSA) is 70.4 Å². The number of hydrogen-bond donors (Lipinski definition) is 2. The monoisotopic (exact) mass is 167 g/mol. The van der Waals surface area contributed by atoms with Crippen LogP contribution in [0.15, 0.2) is 24.5 Å². The number of hydrogen-bond acceptors (Lipinski definition) is 3. The summed E-state index contributed by atoms with van der Waals surface area (Å²) in [6, 6.07) is 3.35. The summed E-state index contributed by atoms with van der Waals surface area (Å²) in [5, 5.41) is 17.3. The Hall–Kier alpha value is -1.42. The minimum absolute atomic E-state index is 0.123. The van der Waals surface area contributed by atoms with Gasteiger partial charge in [0, 0.05) is 18.8 Å². The molecule has 0 amide bonds. The molecule has 0 aromatic carbocycles. The zero-order valence-electron chi connectivity index (χ0n) is 6.34. The summed E-state index contributed by atoms with van der Waals surface area (Å²) >= 11 is 0. The fourth-order valence-electron chi connectivity index (χ4n) is 0.829. The molecule has 0 unspecified atom stereocenters. The van der Waals surface area contributed by atoms with Gasteiger partial charge in [-0.05, 0) is 17.7 Å². The van der Waals surface area contributed by atoms with Crippen LogP contribution in [-0.4, -0.2) is 27.3 Å². The molecule has 2 N–H and O–H groups in total. The van der Waals surface area contributed by atoms with Gasteiger partial charge in [0.15, 0.2) is 6.10 Å². The maximum Gasteiger partial charge on any atom is 0.332 e. The molecule has 0 aliphatic heterocycles. The molecule has 0 aliphatic rings. The van der Waals surface area contributed by atoms with Gasteiger partial charge in [0.25, 0.3) is 0 Å². The number of pyridine rings is 1. The molecule has 0 radical (unpaired) electrons.